The number of carbonyl (C=O) groups excluding carboxylic acids is 10. The third-order valence-corrected chi connectivity index (χ3v) is 14.7. The SMILES string of the molecule is CCCCC(C)CC(C(N)=O)N(C)C(=O)C(C(C)O)N(C)C(=O)C(CC(C)C)N(C)C(=O)C(CC(C)C)NCC(C)NC(C)(C=O)NC(=O)C(CC(C)C)N(C)C(=O)C(NC(C=O)(CC(C)C)NC(=O)CN(C)C(=O)CCC)C(C)C. The molecule has 0 bridgehead atoms. The number of aliphatic hydroxyl groups is 1. The third-order valence-electron chi connectivity index (χ3n) is 14.7. The van der Waals surface area contributed by atoms with E-state index >= 15 is 0 Å². The molecular weight excluding hydrogens is 1040 g/mol. The Hall–Kier alpha value is -5.06. The number of nitrogens with one attached hydrogen (secondary N) is 5. The summed E-state index contributed by atoms with van der Waals surface area (Å²) in [5, 5.41) is 26.3. The Labute approximate surface area is 486 Å². The monoisotopic (exact) mass is 1150 g/mol. The van der Waals surface area contributed by atoms with Crippen molar-refractivity contribution in [2.45, 2.75) is 235 Å². The molecule has 0 fully saturated rings. The summed E-state index contributed by atoms with van der Waals surface area (Å²) >= 11 is 0. The lowest BCUT2D eigenvalue weighted by atomic mass is 9.93. The van der Waals surface area contributed by atoms with Crippen molar-refractivity contribution in [3.8, 4) is 0 Å². The van der Waals surface area contributed by atoms with Gasteiger partial charge in [-0.05, 0) is 94.8 Å². The van der Waals surface area contributed by atoms with E-state index in [1.165, 1.54) is 68.7 Å². The first-order chi connectivity index (χ1) is 37.4. The van der Waals surface area contributed by atoms with Gasteiger partial charge >= 0.3 is 0 Å². The summed E-state index contributed by atoms with van der Waals surface area (Å²) in [6.07, 6.45) is 4.50. The fraction of sp³-hybridized carbons (Fsp3) is 0.831. The second-order valence-corrected chi connectivity index (χ2v) is 25.2. The number of carbonyl (C=O) groups is 10. The number of nitrogens with two attached hydrogens (primary N) is 1. The number of aldehydes is 2. The second kappa shape index (κ2) is 35.8. The molecule has 11 atom stereocenters. The Morgan fingerprint density at radius 1 is 0.605 bits per heavy atom. The number of hydrogen-bond acceptors (Lipinski definition) is 14. The number of rotatable bonds is 40. The van der Waals surface area contributed by atoms with Crippen molar-refractivity contribution < 1.29 is 53.1 Å². The van der Waals surface area contributed by atoms with Crippen molar-refractivity contribution in [1.29, 1.82) is 0 Å². The number of primary amides is 1. The van der Waals surface area contributed by atoms with Crippen LogP contribution < -0.4 is 32.3 Å². The van der Waals surface area contributed by atoms with E-state index in [0.29, 0.717) is 31.8 Å². The minimum absolute atomic E-state index is 0.00132. The molecule has 0 aromatic heterocycles. The quantitative estimate of drug-likeness (QED) is 0.0342. The summed E-state index contributed by atoms with van der Waals surface area (Å²) in [5.41, 5.74) is 2.42. The van der Waals surface area contributed by atoms with Gasteiger partial charge in [0, 0.05) is 54.2 Å². The molecule has 22 nitrogen and oxygen atoms in total. The number of nitrogens with zero attached hydrogens (tertiary/aromatic N) is 5. The fourth-order valence-corrected chi connectivity index (χ4v) is 10.2. The van der Waals surface area contributed by atoms with E-state index in [1.54, 1.807) is 20.8 Å². The van der Waals surface area contributed by atoms with Gasteiger partial charge in [0.25, 0.3) is 0 Å². The van der Waals surface area contributed by atoms with Crippen LogP contribution in [0.4, 0.5) is 0 Å². The molecule has 22 heteroatoms. The Kier molecular flexibility index (Phi) is 33.6. The van der Waals surface area contributed by atoms with Gasteiger partial charge in [-0.1, -0.05) is 109 Å². The highest BCUT2D eigenvalue weighted by Crippen LogP contribution is 2.24. The molecule has 0 saturated heterocycles. The van der Waals surface area contributed by atoms with Crippen molar-refractivity contribution in [2.24, 2.45) is 41.2 Å². The molecule has 0 aliphatic carbocycles. The molecule has 0 rings (SSSR count). The molecule has 8 amide bonds. The molecule has 8 N–H and O–H groups in total. The molecule has 0 spiro atoms. The zero-order valence-electron chi connectivity index (χ0n) is 53.6. The first-order valence-corrected chi connectivity index (χ1v) is 29.5. The number of unbranched alkanes of at least 4 members (excludes halogenated alkanes) is 1. The van der Waals surface area contributed by atoms with Crippen LogP contribution >= 0.6 is 0 Å². The average molecular weight is 1150 g/mol. The lowest BCUT2D eigenvalue weighted by Gasteiger charge is -2.40. The minimum Gasteiger partial charge on any atom is -0.391 e. The van der Waals surface area contributed by atoms with Crippen LogP contribution in [0.25, 0.3) is 0 Å². The molecule has 0 heterocycles. The molecule has 11 unspecified atom stereocenters. The maximum Gasteiger partial charge on any atom is 0.248 e. The molecule has 0 radical (unpaired) electrons. The second-order valence-electron chi connectivity index (χ2n) is 25.2. The Morgan fingerprint density at radius 2 is 1.14 bits per heavy atom. The summed E-state index contributed by atoms with van der Waals surface area (Å²) in [7, 11) is 7.35. The van der Waals surface area contributed by atoms with Gasteiger partial charge in [0.2, 0.25) is 47.3 Å². The van der Waals surface area contributed by atoms with Crippen LogP contribution in [0.2, 0.25) is 0 Å². The van der Waals surface area contributed by atoms with Crippen LogP contribution in [-0.2, 0) is 47.9 Å². The third kappa shape index (κ3) is 25.1. The van der Waals surface area contributed by atoms with Crippen molar-refractivity contribution in [1.82, 2.24) is 51.1 Å². The topological polar surface area (TPSA) is 293 Å². The van der Waals surface area contributed by atoms with Crippen LogP contribution in [0.5, 0.6) is 0 Å². The van der Waals surface area contributed by atoms with Gasteiger partial charge < -0.3 is 51.3 Å². The van der Waals surface area contributed by atoms with E-state index in [0.717, 1.165) is 24.2 Å². The van der Waals surface area contributed by atoms with E-state index < -0.39 is 107 Å². The van der Waals surface area contributed by atoms with E-state index in [-0.39, 0.29) is 74.3 Å². The van der Waals surface area contributed by atoms with E-state index in [4.69, 9.17) is 5.73 Å². The van der Waals surface area contributed by atoms with Gasteiger partial charge in [-0.2, -0.15) is 0 Å². The van der Waals surface area contributed by atoms with Crippen molar-refractivity contribution >= 4 is 59.8 Å². The Morgan fingerprint density at radius 3 is 1.59 bits per heavy atom. The Balaban J connectivity index is 6.74. The van der Waals surface area contributed by atoms with Gasteiger partial charge in [-0.25, -0.2) is 0 Å². The number of hydrogen-bond donors (Lipinski definition) is 7. The number of aliphatic hydroxyl groups excluding tert-OH is 1. The first-order valence-electron chi connectivity index (χ1n) is 29.5. The van der Waals surface area contributed by atoms with Crippen molar-refractivity contribution in [3.05, 3.63) is 0 Å². The maximum atomic E-state index is 14.7. The maximum absolute atomic E-state index is 14.7. The lowest BCUT2D eigenvalue weighted by Crippen LogP contribution is -2.69. The van der Waals surface area contributed by atoms with E-state index in [1.807, 2.05) is 69.2 Å². The molecule has 468 valence electrons. The molecule has 0 aromatic rings. The van der Waals surface area contributed by atoms with Gasteiger partial charge in [0.15, 0.2) is 12.6 Å². The molecular formula is C59H111N11O11. The van der Waals surface area contributed by atoms with Crippen molar-refractivity contribution in [2.75, 3.05) is 48.3 Å². The lowest BCUT2D eigenvalue weighted by molar-refractivity contribution is -0.155. The number of likely N-dealkylation sites (N-methyl/N-ethyl adjacent to an activating group) is 5. The van der Waals surface area contributed by atoms with Crippen molar-refractivity contribution in [3.63, 3.8) is 0 Å². The van der Waals surface area contributed by atoms with Crippen LogP contribution in [0, 0.1) is 35.5 Å². The normalized spacial score (nSPS) is 16.6. The smallest absolute Gasteiger partial charge is 0.248 e. The molecule has 0 aliphatic rings. The van der Waals surface area contributed by atoms with Gasteiger partial charge in [-0.3, -0.25) is 58.6 Å². The summed E-state index contributed by atoms with van der Waals surface area (Å²) in [6.45, 7) is 29.1. The Bertz CT molecular complexity index is 2040. The molecule has 0 aromatic carbocycles. The van der Waals surface area contributed by atoms with Gasteiger partial charge in [0.1, 0.15) is 35.5 Å². The molecule has 81 heavy (non-hydrogen) atoms. The molecule has 0 saturated carbocycles. The highest BCUT2D eigenvalue weighted by Gasteiger charge is 2.44. The van der Waals surface area contributed by atoms with Crippen LogP contribution in [0.3, 0.4) is 0 Å². The zero-order chi connectivity index (χ0) is 63.0. The average Bonchev–Trinajstić information content (AvgIpc) is 3.36. The van der Waals surface area contributed by atoms with E-state index in [2.05, 4.69) is 33.5 Å². The standard InChI is InChI=1S/C59H111N11O11/c1-22-24-26-41(13)30-45(52(60)76)67(18)57(81)51(43(15)73)70(21)55(79)47(29-38(7)8)69(20)54(78)44(27-36(3)4)61-32-42(14)62-58(16,34-71)65-53(77)46(28-37(5)6)68(19)56(80)50(40(11)12)64-59(35-72,31-39(9)10)63-48(74)33-66(17)49(75)25-23-2/h34-47,50-51,61-62,64,73H,22-33H2,1-21H3,(H2,60,76)(H,63,74)(H,65,77). The van der Waals surface area contributed by atoms with Gasteiger partial charge in [-0.15, -0.1) is 0 Å². The van der Waals surface area contributed by atoms with Gasteiger partial charge in [0.05, 0.1) is 24.7 Å². The van der Waals surface area contributed by atoms with Crippen LogP contribution in [-0.4, -0.2) is 197 Å². The van der Waals surface area contributed by atoms with Crippen LogP contribution in [0.1, 0.15) is 175 Å². The highest BCUT2D eigenvalue weighted by molar-refractivity contribution is 5.95. The number of amides is 8. The van der Waals surface area contributed by atoms with Crippen LogP contribution in [0.15, 0.2) is 0 Å². The largest absolute Gasteiger partial charge is 0.391 e. The summed E-state index contributed by atoms with van der Waals surface area (Å²) < 4.78 is 0. The first kappa shape index (κ1) is 75.9. The van der Waals surface area contributed by atoms with E-state index in [9.17, 15) is 53.1 Å². The minimum atomic E-state index is -1.71. The summed E-state index contributed by atoms with van der Waals surface area (Å²) in [4.78, 5) is 144. The highest BCUT2D eigenvalue weighted by atomic mass is 16.3. The predicted molar refractivity (Wildman–Crippen MR) is 316 cm³/mol. The summed E-state index contributed by atoms with van der Waals surface area (Å²) in [5.74, 6) is -5.08. The zero-order valence-corrected chi connectivity index (χ0v) is 53.6. The summed E-state index contributed by atoms with van der Waals surface area (Å²) in [6, 6.07) is -7.04. The predicted octanol–water partition coefficient (Wildman–Crippen LogP) is 3.41. The molecule has 0 aliphatic heterocycles. The fourth-order valence-electron chi connectivity index (χ4n) is 10.2.